The van der Waals surface area contributed by atoms with Gasteiger partial charge in [-0.1, -0.05) is 11.6 Å². The van der Waals surface area contributed by atoms with Crippen LogP contribution >= 0.6 is 22.9 Å². The second-order valence-electron chi connectivity index (χ2n) is 4.35. The van der Waals surface area contributed by atoms with Crippen LogP contribution in [0.25, 0.3) is 0 Å². The summed E-state index contributed by atoms with van der Waals surface area (Å²) in [6.07, 6.45) is 3.60. The molecule has 1 fully saturated rings. The molecule has 2 rings (SSSR count). The zero-order chi connectivity index (χ0) is 12.3. The van der Waals surface area contributed by atoms with Crippen LogP contribution in [0.5, 0.6) is 0 Å². The van der Waals surface area contributed by atoms with E-state index < -0.39 is 9.84 Å². The van der Waals surface area contributed by atoms with E-state index in [0.29, 0.717) is 4.47 Å². The third kappa shape index (κ3) is 4.21. The topological polar surface area (TPSA) is 59.1 Å². The van der Waals surface area contributed by atoms with Crippen molar-refractivity contribution in [1.82, 2.24) is 10.3 Å². The van der Waals surface area contributed by atoms with E-state index >= 15 is 0 Å². The largest absolute Gasteiger partial charge is 0.316 e. The van der Waals surface area contributed by atoms with Gasteiger partial charge in [0.05, 0.1) is 11.5 Å². The minimum atomic E-state index is -3.05. The summed E-state index contributed by atoms with van der Waals surface area (Å²) in [5, 5.41) is 3.23. The molecule has 1 aromatic heterocycles. The zero-order valence-corrected chi connectivity index (χ0v) is 11.7. The van der Waals surface area contributed by atoms with E-state index in [0.717, 1.165) is 30.8 Å². The molecule has 2 heterocycles. The van der Waals surface area contributed by atoms with Crippen LogP contribution in [-0.4, -0.2) is 32.2 Å². The van der Waals surface area contributed by atoms with Crippen LogP contribution in [0.4, 0.5) is 0 Å². The molecule has 0 aromatic carbocycles. The van der Waals surface area contributed by atoms with Gasteiger partial charge in [0.2, 0.25) is 0 Å². The number of hydrogen-bond acceptors (Lipinski definition) is 5. The SMILES string of the molecule is O=S(=O)(Cc1cnc(Cl)s1)C[C@@H]1CCCNC1. The van der Waals surface area contributed by atoms with Crippen LogP contribution in [0.2, 0.25) is 4.47 Å². The Hall–Kier alpha value is -0.170. The van der Waals surface area contributed by atoms with Gasteiger partial charge in [-0.05, 0) is 31.8 Å². The Bertz CT molecular complexity index is 466. The van der Waals surface area contributed by atoms with Crippen molar-refractivity contribution in [2.75, 3.05) is 18.8 Å². The minimum absolute atomic E-state index is 0.0634. The summed E-state index contributed by atoms with van der Waals surface area (Å²) in [6, 6.07) is 0. The molecule has 17 heavy (non-hydrogen) atoms. The van der Waals surface area contributed by atoms with Crippen molar-refractivity contribution in [3.05, 3.63) is 15.5 Å². The third-order valence-electron chi connectivity index (χ3n) is 2.78. The molecule has 0 amide bonds. The van der Waals surface area contributed by atoms with Crippen molar-refractivity contribution in [3.8, 4) is 0 Å². The Labute approximate surface area is 110 Å². The van der Waals surface area contributed by atoms with Gasteiger partial charge in [0, 0.05) is 11.1 Å². The van der Waals surface area contributed by atoms with E-state index in [1.54, 1.807) is 6.20 Å². The van der Waals surface area contributed by atoms with E-state index in [9.17, 15) is 8.42 Å². The number of rotatable bonds is 4. The third-order valence-corrected chi connectivity index (χ3v) is 5.80. The zero-order valence-electron chi connectivity index (χ0n) is 9.36. The van der Waals surface area contributed by atoms with Gasteiger partial charge in [0.25, 0.3) is 0 Å². The van der Waals surface area contributed by atoms with E-state index in [4.69, 9.17) is 11.6 Å². The second kappa shape index (κ2) is 5.65. The molecule has 7 heteroatoms. The molecule has 1 N–H and O–H groups in total. The fourth-order valence-corrected chi connectivity index (χ4v) is 5.23. The average molecular weight is 295 g/mol. The van der Waals surface area contributed by atoms with Crippen molar-refractivity contribution < 1.29 is 8.42 Å². The summed E-state index contributed by atoms with van der Waals surface area (Å²) in [5.74, 6) is 0.570. The lowest BCUT2D eigenvalue weighted by atomic mass is 10.0. The first-order chi connectivity index (χ1) is 8.05. The Balaban J connectivity index is 1.94. The maximum atomic E-state index is 12.0. The molecule has 0 radical (unpaired) electrons. The molecule has 0 spiro atoms. The highest BCUT2D eigenvalue weighted by atomic mass is 35.5. The van der Waals surface area contributed by atoms with E-state index in [1.165, 1.54) is 11.3 Å². The normalized spacial score (nSPS) is 21.6. The molecule has 1 aliphatic rings. The van der Waals surface area contributed by atoms with Gasteiger partial charge in [0.1, 0.15) is 0 Å². The van der Waals surface area contributed by atoms with Crippen molar-refractivity contribution in [2.45, 2.75) is 18.6 Å². The van der Waals surface area contributed by atoms with E-state index in [-0.39, 0.29) is 17.4 Å². The highest BCUT2D eigenvalue weighted by Crippen LogP contribution is 2.22. The van der Waals surface area contributed by atoms with Gasteiger partial charge in [-0.2, -0.15) is 0 Å². The predicted molar refractivity (Wildman–Crippen MR) is 70.2 cm³/mol. The number of nitrogens with one attached hydrogen (secondary N) is 1. The van der Waals surface area contributed by atoms with Gasteiger partial charge in [-0.25, -0.2) is 13.4 Å². The average Bonchev–Trinajstić information content (AvgIpc) is 2.63. The number of aromatic nitrogens is 1. The molecule has 0 bridgehead atoms. The monoisotopic (exact) mass is 294 g/mol. The number of nitrogens with zero attached hydrogens (tertiary/aromatic N) is 1. The maximum Gasteiger partial charge on any atom is 0.183 e. The molecule has 1 atom stereocenters. The lowest BCUT2D eigenvalue weighted by Crippen LogP contribution is -2.34. The van der Waals surface area contributed by atoms with Crippen LogP contribution in [0.1, 0.15) is 17.7 Å². The first-order valence-electron chi connectivity index (χ1n) is 5.56. The molecule has 4 nitrogen and oxygen atoms in total. The molecule has 0 unspecified atom stereocenters. The van der Waals surface area contributed by atoms with Crippen molar-refractivity contribution in [2.24, 2.45) is 5.92 Å². The Morgan fingerprint density at radius 3 is 3.00 bits per heavy atom. The van der Waals surface area contributed by atoms with Crippen LogP contribution in [0, 0.1) is 5.92 Å². The number of sulfone groups is 1. The lowest BCUT2D eigenvalue weighted by Gasteiger charge is -2.22. The lowest BCUT2D eigenvalue weighted by molar-refractivity contribution is 0.404. The van der Waals surface area contributed by atoms with E-state index in [1.807, 2.05) is 0 Å². The molecule has 0 aliphatic carbocycles. The second-order valence-corrected chi connectivity index (χ2v) is 8.15. The maximum absolute atomic E-state index is 12.0. The first kappa shape index (κ1) is 13.3. The molecule has 96 valence electrons. The van der Waals surface area contributed by atoms with Gasteiger partial charge in [0.15, 0.2) is 14.3 Å². The first-order valence-corrected chi connectivity index (χ1v) is 8.58. The fourth-order valence-electron chi connectivity index (χ4n) is 2.05. The summed E-state index contributed by atoms with van der Waals surface area (Å²) < 4.78 is 24.4. The highest BCUT2D eigenvalue weighted by molar-refractivity contribution is 7.90. The van der Waals surface area contributed by atoms with E-state index in [2.05, 4.69) is 10.3 Å². The molecule has 1 aromatic rings. The molecule has 1 saturated heterocycles. The van der Waals surface area contributed by atoms with Gasteiger partial charge in [-0.3, -0.25) is 0 Å². The molecule has 1 aliphatic heterocycles. The van der Waals surface area contributed by atoms with Crippen molar-refractivity contribution in [1.29, 1.82) is 0 Å². The standard InChI is InChI=1S/C10H15ClN2O2S2/c11-10-13-5-9(16-10)7-17(14,15)6-8-2-1-3-12-4-8/h5,8,12H,1-4,6-7H2/t8-/m1/s1. The summed E-state index contributed by atoms with van der Waals surface area (Å²) in [4.78, 5) is 4.58. The Morgan fingerprint density at radius 2 is 2.41 bits per heavy atom. The minimum Gasteiger partial charge on any atom is -0.316 e. The smallest absolute Gasteiger partial charge is 0.183 e. The number of thiazole rings is 1. The summed E-state index contributed by atoms with van der Waals surface area (Å²) in [5.41, 5.74) is 0. The van der Waals surface area contributed by atoms with Gasteiger partial charge in [-0.15, -0.1) is 11.3 Å². The predicted octanol–water partition coefficient (Wildman–Crippen LogP) is 1.71. The van der Waals surface area contributed by atoms with Crippen LogP contribution in [0.3, 0.4) is 0 Å². The van der Waals surface area contributed by atoms with Gasteiger partial charge >= 0.3 is 0 Å². The number of hydrogen-bond donors (Lipinski definition) is 1. The molecular weight excluding hydrogens is 280 g/mol. The summed E-state index contributed by atoms with van der Waals surface area (Å²) >= 11 is 6.92. The molecular formula is C10H15ClN2O2S2. The van der Waals surface area contributed by atoms with Crippen molar-refractivity contribution >= 4 is 32.8 Å². The highest BCUT2D eigenvalue weighted by Gasteiger charge is 2.22. The van der Waals surface area contributed by atoms with Crippen LogP contribution in [0.15, 0.2) is 6.20 Å². The van der Waals surface area contributed by atoms with Gasteiger partial charge < -0.3 is 5.32 Å². The van der Waals surface area contributed by atoms with Crippen LogP contribution in [-0.2, 0) is 15.6 Å². The van der Waals surface area contributed by atoms with Crippen LogP contribution < -0.4 is 5.32 Å². The summed E-state index contributed by atoms with van der Waals surface area (Å²) in [7, 11) is -3.05. The fraction of sp³-hybridized carbons (Fsp3) is 0.700. The number of halogens is 1. The number of piperidine rings is 1. The Kier molecular flexibility index (Phi) is 4.41. The summed E-state index contributed by atoms with van der Waals surface area (Å²) in [6.45, 7) is 1.81. The molecule has 0 saturated carbocycles. The Morgan fingerprint density at radius 1 is 1.59 bits per heavy atom. The van der Waals surface area contributed by atoms with Crippen molar-refractivity contribution in [3.63, 3.8) is 0 Å². The quantitative estimate of drug-likeness (QED) is 0.918.